The molecule has 2 N–H and O–H groups in total. The fraction of sp³-hybridized carbons (Fsp3) is 0. The molecule has 0 amide bonds. The number of hydrogen-bond donors (Lipinski definition) is 1. The van der Waals surface area contributed by atoms with Gasteiger partial charge in [-0.15, -0.1) is 10.2 Å². The van der Waals surface area contributed by atoms with Crippen LogP contribution >= 0.6 is 0 Å². The molecule has 4 aromatic rings. The van der Waals surface area contributed by atoms with Crippen molar-refractivity contribution in [2.24, 2.45) is 0 Å². The van der Waals surface area contributed by atoms with E-state index in [-0.39, 0.29) is 20.3 Å². The maximum atomic E-state index is 9.15. The van der Waals surface area contributed by atoms with Crippen molar-refractivity contribution in [2.75, 3.05) is 5.73 Å². The van der Waals surface area contributed by atoms with Crippen molar-refractivity contribution in [1.82, 2.24) is 24.7 Å². The Balaban J connectivity index is 0.00000131. The topological polar surface area (TPSA) is 119 Å². The Labute approximate surface area is 145 Å². The van der Waals surface area contributed by atoms with E-state index in [1.807, 2.05) is 30.3 Å². The van der Waals surface area contributed by atoms with Crippen LogP contribution in [0.4, 0.5) is 5.82 Å². The zero-order valence-corrected chi connectivity index (χ0v) is 12.9. The lowest BCUT2D eigenvalue weighted by molar-refractivity contribution is 0.582. The highest BCUT2D eigenvalue weighted by Crippen LogP contribution is 2.26. The highest BCUT2D eigenvalue weighted by molar-refractivity contribution is 5.64. The van der Waals surface area contributed by atoms with Crippen molar-refractivity contribution in [1.29, 1.82) is 5.26 Å². The highest BCUT2D eigenvalue weighted by atomic mass is 16.4. The smallest absolute Gasteiger partial charge is 0.270 e. The lowest BCUT2D eigenvalue weighted by Gasteiger charge is -2.06. The first-order valence-corrected chi connectivity index (χ1v) is 7.36. The number of aromatic nitrogens is 5. The van der Waals surface area contributed by atoms with Crippen LogP contribution < -0.4 is 5.73 Å². The van der Waals surface area contributed by atoms with Gasteiger partial charge in [0.1, 0.15) is 11.8 Å². The third kappa shape index (κ3) is 2.60. The largest absolute Gasteiger partial charge is 0.414 e. The van der Waals surface area contributed by atoms with Crippen molar-refractivity contribution in [3.8, 4) is 34.9 Å². The summed E-state index contributed by atoms with van der Waals surface area (Å²) in [6, 6.07) is 14.9. The average Bonchev–Trinajstić information content (AvgIpc) is 3.32. The Bertz CT molecular complexity index is 1090. The molecule has 0 saturated heterocycles. The molecule has 0 spiro atoms. The van der Waals surface area contributed by atoms with Gasteiger partial charge in [0, 0.05) is 14.6 Å². The van der Waals surface area contributed by atoms with Crippen molar-refractivity contribution in [2.45, 2.75) is 0 Å². The molecule has 1 aromatic carbocycles. The minimum Gasteiger partial charge on any atom is -0.414 e. The number of nitrogens with zero attached hydrogens (tertiary/aromatic N) is 6. The number of nitrogen functional groups attached to an aromatic ring is 1. The summed E-state index contributed by atoms with van der Waals surface area (Å²) in [5.74, 6) is 1.13. The van der Waals surface area contributed by atoms with Crippen molar-refractivity contribution in [3.05, 3.63) is 60.6 Å². The van der Waals surface area contributed by atoms with Crippen LogP contribution in [0.1, 0.15) is 8.55 Å². The van der Waals surface area contributed by atoms with Gasteiger partial charge in [-0.25, -0.2) is 9.97 Å². The number of nitriles is 1. The molecule has 0 radical (unpaired) electrons. The van der Waals surface area contributed by atoms with Gasteiger partial charge >= 0.3 is 0 Å². The fourth-order valence-corrected chi connectivity index (χ4v) is 2.35. The van der Waals surface area contributed by atoms with E-state index in [0.717, 1.165) is 5.56 Å². The van der Waals surface area contributed by atoms with E-state index in [0.29, 0.717) is 17.4 Å². The summed E-state index contributed by atoms with van der Waals surface area (Å²) in [5.41, 5.74) is 7.41. The summed E-state index contributed by atoms with van der Waals surface area (Å²) in [7, 11) is 0. The van der Waals surface area contributed by atoms with Gasteiger partial charge in [0.2, 0.25) is 5.89 Å². The molecule has 4 rings (SSSR count). The summed E-state index contributed by atoms with van der Waals surface area (Å²) >= 11 is 0. The number of rotatable bonds is 3. The van der Waals surface area contributed by atoms with Gasteiger partial charge in [-0.2, -0.15) is 5.26 Å². The van der Waals surface area contributed by atoms with Crippen molar-refractivity contribution in [3.63, 3.8) is 0 Å². The molecule has 124 valence electrons. The quantitative estimate of drug-likeness (QED) is 0.612. The van der Waals surface area contributed by atoms with E-state index in [1.54, 1.807) is 22.9 Å². The number of benzene rings is 1. The molecule has 3 heterocycles. The molecule has 0 atom stereocenters. The van der Waals surface area contributed by atoms with Gasteiger partial charge in [0.05, 0.1) is 6.20 Å². The Kier molecular flexibility index (Phi) is 3.44. The first-order chi connectivity index (χ1) is 12.3. The standard InChI is InChI=1S/C17H11N7O.2H2/c18-9-12-7-4-8-24(12)13-10-20-15(19)14(21-13)17-23-22-16(25-17)11-5-2-1-3-6-11;;/h1-8,10H,(H2,19,20);2*1H. The van der Waals surface area contributed by atoms with E-state index in [4.69, 9.17) is 15.4 Å². The van der Waals surface area contributed by atoms with Crippen LogP contribution in [0, 0.1) is 11.3 Å². The van der Waals surface area contributed by atoms with E-state index in [1.165, 1.54) is 6.20 Å². The molecule has 0 aliphatic heterocycles. The normalized spacial score (nSPS) is 10.5. The van der Waals surface area contributed by atoms with Gasteiger partial charge in [-0.05, 0) is 24.3 Å². The van der Waals surface area contributed by atoms with Crippen LogP contribution in [0.5, 0.6) is 0 Å². The second kappa shape index (κ2) is 5.90. The molecule has 0 saturated carbocycles. The Morgan fingerprint density at radius 1 is 1.08 bits per heavy atom. The number of hydrogen-bond acceptors (Lipinski definition) is 7. The molecular weight excluding hydrogens is 318 g/mol. The number of nitrogens with two attached hydrogens (primary N) is 1. The van der Waals surface area contributed by atoms with E-state index in [9.17, 15) is 0 Å². The van der Waals surface area contributed by atoms with Gasteiger partial charge in [-0.3, -0.25) is 4.57 Å². The zero-order chi connectivity index (χ0) is 17.2. The molecule has 0 fully saturated rings. The van der Waals surface area contributed by atoms with Gasteiger partial charge in [0.15, 0.2) is 17.3 Å². The maximum Gasteiger partial charge on any atom is 0.270 e. The van der Waals surface area contributed by atoms with Crippen LogP contribution in [-0.4, -0.2) is 24.7 Å². The molecule has 3 aromatic heterocycles. The van der Waals surface area contributed by atoms with E-state index in [2.05, 4.69) is 26.2 Å². The third-order valence-electron chi connectivity index (χ3n) is 3.55. The predicted molar refractivity (Wildman–Crippen MR) is 93.4 cm³/mol. The van der Waals surface area contributed by atoms with Crippen LogP contribution in [0.15, 0.2) is 59.3 Å². The Morgan fingerprint density at radius 2 is 1.88 bits per heavy atom. The fourth-order valence-electron chi connectivity index (χ4n) is 2.35. The first-order valence-electron chi connectivity index (χ1n) is 7.36. The number of anilines is 1. The lowest BCUT2D eigenvalue weighted by atomic mass is 10.2. The van der Waals surface area contributed by atoms with Crippen LogP contribution in [0.3, 0.4) is 0 Å². The summed E-state index contributed by atoms with van der Waals surface area (Å²) < 4.78 is 7.29. The van der Waals surface area contributed by atoms with Crippen molar-refractivity contribution < 1.29 is 7.27 Å². The lowest BCUT2D eigenvalue weighted by Crippen LogP contribution is -2.04. The van der Waals surface area contributed by atoms with Gasteiger partial charge in [-0.1, -0.05) is 18.2 Å². The van der Waals surface area contributed by atoms with Crippen molar-refractivity contribution >= 4 is 5.82 Å². The van der Waals surface area contributed by atoms with E-state index < -0.39 is 0 Å². The SMILES string of the molecule is N#Cc1cccn1-c1cnc(N)c(-c2nnc(-c3ccccc3)o2)n1.[HH].[HH]. The molecule has 8 nitrogen and oxygen atoms in total. The summed E-state index contributed by atoms with van der Waals surface area (Å²) in [5, 5.41) is 17.2. The highest BCUT2D eigenvalue weighted by Gasteiger charge is 2.17. The van der Waals surface area contributed by atoms with Crippen LogP contribution in [0.2, 0.25) is 0 Å². The molecule has 0 bridgehead atoms. The predicted octanol–water partition coefficient (Wildman–Crippen LogP) is 2.93. The second-order valence-corrected chi connectivity index (χ2v) is 5.12. The average molecular weight is 333 g/mol. The second-order valence-electron chi connectivity index (χ2n) is 5.12. The zero-order valence-electron chi connectivity index (χ0n) is 12.9. The molecule has 0 unspecified atom stereocenters. The minimum absolute atomic E-state index is 0. The van der Waals surface area contributed by atoms with Gasteiger partial charge in [0.25, 0.3) is 5.89 Å². The molecule has 25 heavy (non-hydrogen) atoms. The third-order valence-corrected chi connectivity index (χ3v) is 3.55. The summed E-state index contributed by atoms with van der Waals surface area (Å²) in [4.78, 5) is 8.55. The molecular formula is C17H15N7O. The monoisotopic (exact) mass is 333 g/mol. The Hall–Kier alpha value is -3.99. The first kappa shape index (κ1) is 14.6. The van der Waals surface area contributed by atoms with E-state index >= 15 is 0 Å². The summed E-state index contributed by atoms with van der Waals surface area (Å²) in [6.45, 7) is 0. The summed E-state index contributed by atoms with van der Waals surface area (Å²) in [6.07, 6.45) is 3.19. The molecule has 8 heteroatoms. The van der Waals surface area contributed by atoms with Crippen LogP contribution in [0.25, 0.3) is 28.9 Å². The molecule has 0 aliphatic rings. The maximum absolute atomic E-state index is 9.15. The van der Waals surface area contributed by atoms with Gasteiger partial charge < -0.3 is 10.2 Å². The minimum atomic E-state index is 0. The molecule has 0 aliphatic carbocycles. The van der Waals surface area contributed by atoms with Crippen LogP contribution in [-0.2, 0) is 0 Å². The Morgan fingerprint density at radius 3 is 2.68 bits per heavy atom.